The lowest BCUT2D eigenvalue weighted by Gasteiger charge is -2.26. The number of hydrogen-bond acceptors (Lipinski definition) is 6. The van der Waals surface area contributed by atoms with E-state index in [0.717, 1.165) is 5.56 Å². The molecule has 2 aromatic carbocycles. The smallest absolute Gasteiger partial charge is 0.243 e. The Morgan fingerprint density at radius 3 is 2.56 bits per heavy atom. The molecule has 8 heteroatoms. The highest BCUT2D eigenvalue weighted by atomic mass is 32.2. The highest BCUT2D eigenvalue weighted by molar-refractivity contribution is 7.89. The number of para-hydroxylation sites is 1. The Bertz CT molecular complexity index is 904. The Morgan fingerprint density at radius 2 is 1.89 bits per heavy atom. The Hall–Kier alpha value is -2.42. The first kappa shape index (κ1) is 19.3. The van der Waals surface area contributed by atoms with E-state index >= 15 is 0 Å². The standard InChI is InChI=1S/C19H22N2O5S/c1-25-18-4-2-3-16(19(18)22)14-20-13-15-5-7-17(8-6-15)27(23,24)21-9-11-26-12-10-21/h2-8,14,22H,9-13H2,1H3. The van der Waals surface area contributed by atoms with E-state index in [1.54, 1.807) is 48.7 Å². The molecular weight excluding hydrogens is 368 g/mol. The van der Waals surface area contributed by atoms with Crippen LogP contribution in [0.4, 0.5) is 0 Å². The molecule has 27 heavy (non-hydrogen) atoms. The van der Waals surface area contributed by atoms with Crippen molar-refractivity contribution in [1.82, 2.24) is 4.31 Å². The fourth-order valence-corrected chi connectivity index (χ4v) is 4.17. The molecule has 0 spiro atoms. The zero-order valence-corrected chi connectivity index (χ0v) is 15.9. The van der Waals surface area contributed by atoms with Crippen LogP contribution in [0.15, 0.2) is 52.4 Å². The van der Waals surface area contributed by atoms with Crippen molar-refractivity contribution in [2.45, 2.75) is 11.4 Å². The Kier molecular flexibility index (Phi) is 6.10. The predicted octanol–water partition coefficient (Wildman–Crippen LogP) is 2.04. The molecule has 1 aliphatic rings. The van der Waals surface area contributed by atoms with Gasteiger partial charge in [0.15, 0.2) is 11.5 Å². The van der Waals surface area contributed by atoms with Crippen molar-refractivity contribution in [2.75, 3.05) is 33.4 Å². The van der Waals surface area contributed by atoms with Gasteiger partial charge in [-0.25, -0.2) is 8.42 Å². The van der Waals surface area contributed by atoms with Crippen LogP contribution in [-0.4, -0.2) is 57.5 Å². The molecule has 1 aliphatic heterocycles. The molecule has 0 saturated carbocycles. The third kappa shape index (κ3) is 4.47. The molecule has 0 bridgehead atoms. The maximum Gasteiger partial charge on any atom is 0.243 e. The van der Waals surface area contributed by atoms with Gasteiger partial charge in [-0.15, -0.1) is 0 Å². The minimum Gasteiger partial charge on any atom is -0.504 e. The van der Waals surface area contributed by atoms with Crippen molar-refractivity contribution in [3.8, 4) is 11.5 Å². The molecular formula is C19H22N2O5S. The third-order valence-corrected chi connectivity index (χ3v) is 6.20. The molecule has 1 fully saturated rings. The first-order valence-electron chi connectivity index (χ1n) is 8.55. The van der Waals surface area contributed by atoms with Crippen molar-refractivity contribution in [3.05, 3.63) is 53.6 Å². The molecule has 3 rings (SSSR count). The van der Waals surface area contributed by atoms with Gasteiger partial charge in [-0.2, -0.15) is 4.31 Å². The molecule has 1 N–H and O–H groups in total. The molecule has 144 valence electrons. The van der Waals surface area contributed by atoms with Crippen LogP contribution < -0.4 is 4.74 Å². The molecule has 0 radical (unpaired) electrons. The second kappa shape index (κ2) is 8.51. The maximum absolute atomic E-state index is 12.6. The summed E-state index contributed by atoms with van der Waals surface area (Å²) in [5.74, 6) is 0.423. The lowest BCUT2D eigenvalue weighted by Crippen LogP contribution is -2.40. The summed E-state index contributed by atoms with van der Waals surface area (Å²) in [5, 5.41) is 10.0. The number of ether oxygens (including phenoxy) is 2. The van der Waals surface area contributed by atoms with E-state index in [-0.39, 0.29) is 10.6 Å². The summed E-state index contributed by atoms with van der Waals surface area (Å²) in [6, 6.07) is 11.9. The number of morpholine rings is 1. The second-order valence-electron chi connectivity index (χ2n) is 6.03. The van der Waals surface area contributed by atoms with E-state index < -0.39 is 10.0 Å². The largest absolute Gasteiger partial charge is 0.504 e. The van der Waals surface area contributed by atoms with E-state index in [1.165, 1.54) is 11.4 Å². The molecule has 0 unspecified atom stereocenters. The zero-order valence-electron chi connectivity index (χ0n) is 15.0. The van der Waals surface area contributed by atoms with E-state index in [2.05, 4.69) is 4.99 Å². The average molecular weight is 390 g/mol. The van der Waals surface area contributed by atoms with Crippen LogP contribution in [0.5, 0.6) is 11.5 Å². The molecule has 0 atom stereocenters. The molecule has 7 nitrogen and oxygen atoms in total. The number of aliphatic imine (C=N–C) groups is 1. The lowest BCUT2D eigenvalue weighted by molar-refractivity contribution is 0.0730. The van der Waals surface area contributed by atoms with Gasteiger partial charge in [0.1, 0.15) is 0 Å². The minimum atomic E-state index is -3.49. The Labute approximate surface area is 158 Å². The first-order valence-corrected chi connectivity index (χ1v) is 9.99. The van der Waals surface area contributed by atoms with Crippen molar-refractivity contribution < 1.29 is 23.0 Å². The van der Waals surface area contributed by atoms with Gasteiger partial charge in [0.05, 0.1) is 31.8 Å². The number of phenols is 1. The SMILES string of the molecule is COc1cccc(C=NCc2ccc(S(=O)(=O)N3CCOCC3)cc2)c1O. The summed E-state index contributed by atoms with van der Waals surface area (Å²) in [4.78, 5) is 4.58. The average Bonchev–Trinajstić information content (AvgIpc) is 2.70. The molecule has 0 aromatic heterocycles. The molecule has 1 heterocycles. The van der Waals surface area contributed by atoms with Crippen LogP contribution in [0.1, 0.15) is 11.1 Å². The number of rotatable bonds is 6. The number of benzene rings is 2. The normalized spacial score (nSPS) is 15.9. The third-order valence-electron chi connectivity index (χ3n) is 4.29. The quantitative estimate of drug-likeness (QED) is 0.763. The predicted molar refractivity (Wildman–Crippen MR) is 102 cm³/mol. The molecule has 1 saturated heterocycles. The first-order chi connectivity index (χ1) is 13.0. The lowest BCUT2D eigenvalue weighted by atomic mass is 10.2. The summed E-state index contributed by atoms with van der Waals surface area (Å²) >= 11 is 0. The highest BCUT2D eigenvalue weighted by Crippen LogP contribution is 2.28. The minimum absolute atomic E-state index is 0.0377. The fraction of sp³-hybridized carbons (Fsp3) is 0.316. The van der Waals surface area contributed by atoms with E-state index in [0.29, 0.717) is 44.2 Å². The van der Waals surface area contributed by atoms with E-state index in [4.69, 9.17) is 9.47 Å². The van der Waals surface area contributed by atoms with Gasteiger partial charge in [-0.05, 0) is 29.8 Å². The van der Waals surface area contributed by atoms with Crippen molar-refractivity contribution in [3.63, 3.8) is 0 Å². The summed E-state index contributed by atoms with van der Waals surface area (Å²) in [6.45, 7) is 1.96. The summed E-state index contributed by atoms with van der Waals surface area (Å²) in [7, 11) is -2.00. The van der Waals surface area contributed by atoms with Crippen LogP contribution in [-0.2, 0) is 21.3 Å². The number of hydrogen-bond donors (Lipinski definition) is 1. The van der Waals surface area contributed by atoms with Crippen molar-refractivity contribution in [1.29, 1.82) is 0 Å². The van der Waals surface area contributed by atoms with E-state index in [9.17, 15) is 13.5 Å². The van der Waals surface area contributed by atoms with Gasteiger partial charge in [-0.1, -0.05) is 18.2 Å². The van der Waals surface area contributed by atoms with Crippen LogP contribution in [0.3, 0.4) is 0 Å². The number of aromatic hydroxyl groups is 1. The summed E-state index contributed by atoms with van der Waals surface area (Å²) in [5.41, 5.74) is 1.43. The van der Waals surface area contributed by atoms with Crippen molar-refractivity contribution in [2.24, 2.45) is 4.99 Å². The van der Waals surface area contributed by atoms with Crippen LogP contribution >= 0.6 is 0 Å². The van der Waals surface area contributed by atoms with Gasteiger partial charge < -0.3 is 14.6 Å². The molecule has 0 amide bonds. The molecule has 0 aliphatic carbocycles. The summed E-state index contributed by atoms with van der Waals surface area (Å²) in [6.07, 6.45) is 1.57. The number of nitrogens with zero attached hydrogens (tertiary/aromatic N) is 2. The number of phenolic OH excluding ortho intramolecular Hbond substituents is 1. The topological polar surface area (TPSA) is 88.4 Å². The Balaban J connectivity index is 1.67. The van der Waals surface area contributed by atoms with Crippen LogP contribution in [0.2, 0.25) is 0 Å². The van der Waals surface area contributed by atoms with Gasteiger partial charge in [0.2, 0.25) is 10.0 Å². The zero-order chi connectivity index (χ0) is 19.3. The van der Waals surface area contributed by atoms with Gasteiger partial charge in [-0.3, -0.25) is 4.99 Å². The van der Waals surface area contributed by atoms with Crippen LogP contribution in [0, 0.1) is 0 Å². The highest BCUT2D eigenvalue weighted by Gasteiger charge is 2.25. The monoisotopic (exact) mass is 390 g/mol. The molecule has 2 aromatic rings. The van der Waals surface area contributed by atoms with Crippen molar-refractivity contribution >= 4 is 16.2 Å². The Morgan fingerprint density at radius 1 is 1.19 bits per heavy atom. The van der Waals surface area contributed by atoms with Gasteiger partial charge >= 0.3 is 0 Å². The van der Waals surface area contributed by atoms with E-state index in [1.807, 2.05) is 0 Å². The number of sulfonamides is 1. The fourth-order valence-electron chi connectivity index (χ4n) is 2.76. The second-order valence-corrected chi connectivity index (χ2v) is 7.97. The van der Waals surface area contributed by atoms with Gasteiger partial charge in [0.25, 0.3) is 0 Å². The summed E-state index contributed by atoms with van der Waals surface area (Å²) < 4.78 is 36.9. The van der Waals surface area contributed by atoms with Crippen LogP contribution in [0.25, 0.3) is 0 Å². The van der Waals surface area contributed by atoms with Gasteiger partial charge in [0, 0.05) is 24.9 Å². The number of methoxy groups -OCH3 is 1. The maximum atomic E-state index is 12.6.